The van der Waals surface area contributed by atoms with Gasteiger partial charge in [-0.25, -0.2) is 0 Å². The smallest absolute Gasteiger partial charge is 0.0674 e. The van der Waals surface area contributed by atoms with Crippen molar-refractivity contribution in [2.24, 2.45) is 5.92 Å². The second kappa shape index (κ2) is 10.9. The molecule has 1 fully saturated rings. The van der Waals surface area contributed by atoms with E-state index in [0.29, 0.717) is 12.0 Å². The van der Waals surface area contributed by atoms with Crippen LogP contribution in [0.5, 0.6) is 0 Å². The highest BCUT2D eigenvalue weighted by Gasteiger charge is 2.39. The lowest BCUT2D eigenvalue weighted by atomic mass is 9.73. The van der Waals surface area contributed by atoms with Crippen molar-refractivity contribution in [3.63, 3.8) is 0 Å². The predicted octanol–water partition coefficient (Wildman–Crippen LogP) is 8.40. The highest BCUT2D eigenvalue weighted by atomic mass is 16.3. The summed E-state index contributed by atoms with van der Waals surface area (Å²) in [6, 6.07) is 20.6. The van der Waals surface area contributed by atoms with Gasteiger partial charge in [-0.2, -0.15) is 0 Å². The molecular formula is C30H45NO. The van der Waals surface area contributed by atoms with Crippen molar-refractivity contribution in [2.45, 2.75) is 109 Å². The third-order valence-corrected chi connectivity index (χ3v) is 8.20. The van der Waals surface area contributed by atoms with E-state index in [1.807, 2.05) is 0 Å². The maximum atomic E-state index is 11.2. The molecule has 0 aromatic heterocycles. The van der Waals surface area contributed by atoms with E-state index >= 15 is 0 Å². The molecule has 0 saturated heterocycles. The van der Waals surface area contributed by atoms with Crippen LogP contribution in [0.2, 0.25) is 0 Å². The second-order valence-electron chi connectivity index (χ2n) is 10.5. The fourth-order valence-corrected chi connectivity index (χ4v) is 5.93. The van der Waals surface area contributed by atoms with Crippen molar-refractivity contribution < 1.29 is 5.11 Å². The summed E-state index contributed by atoms with van der Waals surface area (Å²) >= 11 is 0. The van der Waals surface area contributed by atoms with Crippen molar-refractivity contribution >= 4 is 11.4 Å². The molecule has 0 spiro atoms. The molecule has 0 aliphatic heterocycles. The van der Waals surface area contributed by atoms with E-state index in [4.69, 9.17) is 0 Å². The molecule has 32 heavy (non-hydrogen) atoms. The van der Waals surface area contributed by atoms with Gasteiger partial charge in [-0.3, -0.25) is 0 Å². The first-order valence-electron chi connectivity index (χ1n) is 13.0. The first kappa shape index (κ1) is 24.8. The standard InChI is InChI=1S/C30H45NO/c1-6-20-29(5,21-7-2)25-14-16-27(17-15-25)31(26-12-10-9-11-13-26)28-18-22-30(32,23-19-28)24(4)8-3/h9-17,24,28,32H,6-8,18-23H2,1-5H3. The lowest BCUT2D eigenvalue weighted by Crippen LogP contribution is -2.45. The molecule has 0 bridgehead atoms. The lowest BCUT2D eigenvalue weighted by molar-refractivity contribution is -0.0474. The van der Waals surface area contributed by atoms with Gasteiger partial charge in [0, 0.05) is 17.4 Å². The van der Waals surface area contributed by atoms with Crippen molar-refractivity contribution in [3.8, 4) is 0 Å². The molecule has 3 rings (SSSR count). The molecule has 1 N–H and O–H groups in total. The number of aliphatic hydroxyl groups is 1. The van der Waals surface area contributed by atoms with Crippen LogP contribution in [-0.4, -0.2) is 16.7 Å². The lowest BCUT2D eigenvalue weighted by Gasteiger charge is -2.44. The molecule has 1 unspecified atom stereocenters. The second-order valence-corrected chi connectivity index (χ2v) is 10.5. The Morgan fingerprint density at radius 2 is 1.44 bits per heavy atom. The molecule has 2 heteroatoms. The zero-order valence-electron chi connectivity index (χ0n) is 21.1. The number of rotatable bonds is 10. The van der Waals surface area contributed by atoms with Crippen molar-refractivity contribution in [1.29, 1.82) is 0 Å². The SMILES string of the molecule is CCCC(C)(CCC)c1ccc(N(c2ccccc2)C2CCC(O)(C(C)CC)CC2)cc1. The summed E-state index contributed by atoms with van der Waals surface area (Å²) < 4.78 is 0. The van der Waals surface area contributed by atoms with Gasteiger partial charge in [0.2, 0.25) is 0 Å². The van der Waals surface area contributed by atoms with Crippen LogP contribution in [0.1, 0.15) is 98.0 Å². The van der Waals surface area contributed by atoms with Crippen LogP contribution in [0.3, 0.4) is 0 Å². The van der Waals surface area contributed by atoms with Gasteiger partial charge in [0.25, 0.3) is 0 Å². The molecule has 1 atom stereocenters. The van der Waals surface area contributed by atoms with Crippen molar-refractivity contribution in [2.75, 3.05) is 4.90 Å². The van der Waals surface area contributed by atoms with Gasteiger partial charge >= 0.3 is 0 Å². The van der Waals surface area contributed by atoms with E-state index in [0.717, 1.165) is 32.1 Å². The summed E-state index contributed by atoms with van der Waals surface area (Å²) in [6.07, 6.45) is 9.78. The number of nitrogens with zero attached hydrogens (tertiary/aromatic N) is 1. The molecule has 176 valence electrons. The largest absolute Gasteiger partial charge is 0.390 e. The monoisotopic (exact) mass is 435 g/mol. The molecule has 1 saturated carbocycles. The van der Waals surface area contributed by atoms with Crippen LogP contribution < -0.4 is 4.90 Å². The first-order valence-corrected chi connectivity index (χ1v) is 13.0. The summed E-state index contributed by atoms with van der Waals surface area (Å²) in [4.78, 5) is 2.52. The van der Waals surface area contributed by atoms with E-state index in [9.17, 15) is 5.11 Å². The number of hydrogen-bond donors (Lipinski definition) is 1. The predicted molar refractivity (Wildman–Crippen MR) is 139 cm³/mol. The van der Waals surface area contributed by atoms with Crippen LogP contribution in [0.15, 0.2) is 54.6 Å². The van der Waals surface area contributed by atoms with Crippen LogP contribution in [0.4, 0.5) is 11.4 Å². The topological polar surface area (TPSA) is 23.5 Å². The number of benzene rings is 2. The summed E-state index contributed by atoms with van der Waals surface area (Å²) in [6.45, 7) is 11.4. The molecule has 0 amide bonds. The number of para-hydroxylation sites is 1. The van der Waals surface area contributed by atoms with E-state index in [1.165, 1.54) is 42.6 Å². The third kappa shape index (κ3) is 5.39. The molecule has 1 aliphatic carbocycles. The molecule has 0 radical (unpaired) electrons. The van der Waals surface area contributed by atoms with Gasteiger partial charge in [-0.05, 0) is 79.7 Å². The molecule has 0 heterocycles. The summed E-state index contributed by atoms with van der Waals surface area (Å²) in [7, 11) is 0. The maximum Gasteiger partial charge on any atom is 0.0674 e. The van der Waals surface area contributed by atoms with E-state index < -0.39 is 5.60 Å². The molecule has 2 aromatic carbocycles. The summed E-state index contributed by atoms with van der Waals surface area (Å²) in [5.74, 6) is 0.364. The van der Waals surface area contributed by atoms with Gasteiger partial charge in [0.15, 0.2) is 0 Å². The highest BCUT2D eigenvalue weighted by molar-refractivity contribution is 5.64. The zero-order valence-corrected chi connectivity index (χ0v) is 21.1. The first-order chi connectivity index (χ1) is 15.4. The minimum atomic E-state index is -0.500. The zero-order chi connectivity index (χ0) is 23.2. The Hall–Kier alpha value is -1.80. The highest BCUT2D eigenvalue weighted by Crippen LogP contribution is 2.42. The number of anilines is 2. The van der Waals surface area contributed by atoms with Gasteiger partial charge in [-0.1, -0.05) is 84.2 Å². The van der Waals surface area contributed by atoms with E-state index in [1.54, 1.807) is 0 Å². The molecule has 1 aliphatic rings. The maximum absolute atomic E-state index is 11.2. The van der Waals surface area contributed by atoms with Gasteiger partial charge in [-0.15, -0.1) is 0 Å². The fourth-order valence-electron chi connectivity index (χ4n) is 5.93. The molecule has 2 aromatic rings. The van der Waals surface area contributed by atoms with Crippen molar-refractivity contribution in [1.82, 2.24) is 0 Å². The minimum Gasteiger partial charge on any atom is -0.390 e. The fraction of sp³-hybridized carbons (Fsp3) is 0.600. The van der Waals surface area contributed by atoms with Crippen molar-refractivity contribution in [3.05, 3.63) is 60.2 Å². The van der Waals surface area contributed by atoms with Gasteiger partial charge in [0.1, 0.15) is 0 Å². The Morgan fingerprint density at radius 3 is 1.94 bits per heavy atom. The van der Waals surface area contributed by atoms with E-state index in [-0.39, 0.29) is 5.41 Å². The Kier molecular flexibility index (Phi) is 8.44. The quantitative estimate of drug-likeness (QED) is 0.405. The molecule has 2 nitrogen and oxygen atoms in total. The third-order valence-electron chi connectivity index (χ3n) is 8.20. The van der Waals surface area contributed by atoms with Gasteiger partial charge < -0.3 is 10.0 Å². The molecular weight excluding hydrogens is 390 g/mol. The summed E-state index contributed by atoms with van der Waals surface area (Å²) in [5, 5.41) is 11.2. The van der Waals surface area contributed by atoms with E-state index in [2.05, 4.69) is 94.1 Å². The normalized spacial score (nSPS) is 22.5. The number of hydrogen-bond acceptors (Lipinski definition) is 2. The van der Waals surface area contributed by atoms with Crippen LogP contribution in [0, 0.1) is 5.92 Å². The Bertz CT molecular complexity index is 798. The Morgan fingerprint density at radius 1 is 0.906 bits per heavy atom. The Balaban J connectivity index is 1.88. The Labute approximate surface area is 197 Å². The summed E-state index contributed by atoms with van der Waals surface area (Å²) in [5.41, 5.74) is 3.75. The average molecular weight is 436 g/mol. The van der Waals surface area contributed by atoms with Crippen LogP contribution in [0.25, 0.3) is 0 Å². The minimum absolute atomic E-state index is 0.261. The van der Waals surface area contributed by atoms with Crippen LogP contribution >= 0.6 is 0 Å². The van der Waals surface area contributed by atoms with Gasteiger partial charge in [0.05, 0.1) is 5.60 Å². The average Bonchev–Trinajstić information content (AvgIpc) is 2.81. The van der Waals surface area contributed by atoms with Crippen LogP contribution in [-0.2, 0) is 5.41 Å².